The number of hydrogen-bond donors (Lipinski definition) is 0. The molecule has 0 bridgehead atoms. The van der Waals surface area contributed by atoms with Crippen molar-refractivity contribution in [3.63, 3.8) is 0 Å². The minimum Gasteiger partial charge on any atom is -0.459 e. The van der Waals surface area contributed by atoms with Crippen LogP contribution in [-0.2, 0) is 15.8 Å². The van der Waals surface area contributed by atoms with E-state index in [1.54, 1.807) is 36.4 Å². The van der Waals surface area contributed by atoms with Gasteiger partial charge in [-0.2, -0.15) is 4.31 Å². The largest absolute Gasteiger partial charge is 0.459 e. The van der Waals surface area contributed by atoms with Gasteiger partial charge < -0.3 is 13.3 Å². The van der Waals surface area contributed by atoms with Crippen molar-refractivity contribution >= 4 is 21.8 Å². The van der Waals surface area contributed by atoms with E-state index < -0.39 is 10.0 Å². The van der Waals surface area contributed by atoms with Crippen molar-refractivity contribution in [3.8, 4) is 23.1 Å². The van der Waals surface area contributed by atoms with Crippen LogP contribution in [0, 0.1) is 0 Å². The highest BCUT2D eigenvalue weighted by Crippen LogP contribution is 2.29. The third-order valence-corrected chi connectivity index (χ3v) is 7.66. The van der Waals surface area contributed by atoms with E-state index in [4.69, 9.17) is 13.3 Å². The summed E-state index contributed by atoms with van der Waals surface area (Å²) in [4.78, 5) is 0.223. The quantitative estimate of drug-likeness (QED) is 0.365. The molecule has 0 amide bonds. The fraction of sp³-hybridized carbons (Fsp3) is 0.300. The molecule has 0 aliphatic carbocycles. The number of thioether (sulfide) groups is 1. The van der Waals surface area contributed by atoms with E-state index in [-0.39, 0.29) is 10.8 Å². The Morgan fingerprint density at radius 3 is 2.59 bits per heavy atom. The van der Waals surface area contributed by atoms with Crippen molar-refractivity contribution in [3.05, 3.63) is 48.6 Å². The van der Waals surface area contributed by atoms with Crippen molar-refractivity contribution in [1.82, 2.24) is 24.7 Å². The van der Waals surface area contributed by atoms with Gasteiger partial charge in [0.05, 0.1) is 16.9 Å². The monoisotopic (exact) mass is 473 g/mol. The van der Waals surface area contributed by atoms with E-state index in [9.17, 15) is 8.42 Å². The molecule has 32 heavy (non-hydrogen) atoms. The first-order valence-corrected chi connectivity index (χ1v) is 12.5. The zero-order chi connectivity index (χ0) is 22.0. The number of aromatic nitrogens is 4. The number of piperidine rings is 1. The van der Waals surface area contributed by atoms with Crippen molar-refractivity contribution in [2.24, 2.45) is 0 Å². The van der Waals surface area contributed by atoms with Gasteiger partial charge in [0.15, 0.2) is 5.76 Å². The smallest absolute Gasteiger partial charge is 0.283 e. The SMILES string of the molecule is O=S(=O)(c1cccc(-c2nnc(SCc3nnc(-c4ccco4)o3)o2)c1)N1CCCCC1. The topological polar surface area (TPSA) is 128 Å². The average molecular weight is 474 g/mol. The summed E-state index contributed by atoms with van der Waals surface area (Å²) in [5, 5.41) is 16.3. The van der Waals surface area contributed by atoms with Crippen LogP contribution < -0.4 is 0 Å². The number of furan rings is 1. The summed E-state index contributed by atoms with van der Waals surface area (Å²) in [6.07, 6.45) is 4.35. The maximum atomic E-state index is 12.9. The highest BCUT2D eigenvalue weighted by Gasteiger charge is 2.26. The number of nitrogens with zero attached hydrogens (tertiary/aromatic N) is 5. The predicted octanol–water partition coefficient (Wildman–Crippen LogP) is 3.85. The third-order valence-electron chi connectivity index (χ3n) is 4.96. The first-order valence-electron chi connectivity index (χ1n) is 10.0. The van der Waals surface area contributed by atoms with Gasteiger partial charge in [-0.25, -0.2) is 8.42 Å². The number of rotatable bonds is 7. The van der Waals surface area contributed by atoms with Crippen LogP contribution in [0.1, 0.15) is 25.2 Å². The average Bonchev–Trinajstić information content (AvgIpc) is 3.60. The minimum absolute atomic E-state index is 0.223. The molecule has 10 nitrogen and oxygen atoms in total. The summed E-state index contributed by atoms with van der Waals surface area (Å²) >= 11 is 1.24. The first kappa shape index (κ1) is 20.9. The lowest BCUT2D eigenvalue weighted by molar-refractivity contribution is 0.346. The van der Waals surface area contributed by atoms with Gasteiger partial charge in [-0.05, 0) is 43.2 Å². The molecule has 0 saturated carbocycles. The molecule has 0 radical (unpaired) electrons. The summed E-state index contributed by atoms with van der Waals surface area (Å²) in [6, 6.07) is 10.0. The van der Waals surface area contributed by atoms with Crippen LogP contribution in [0.25, 0.3) is 23.1 Å². The van der Waals surface area contributed by atoms with Gasteiger partial charge in [0, 0.05) is 18.7 Å². The van der Waals surface area contributed by atoms with Crippen LogP contribution >= 0.6 is 11.8 Å². The second-order valence-corrected chi connectivity index (χ2v) is 10.00. The zero-order valence-corrected chi connectivity index (χ0v) is 18.5. The molecule has 1 aliphatic heterocycles. The van der Waals surface area contributed by atoms with E-state index in [1.807, 2.05) is 0 Å². The van der Waals surface area contributed by atoms with Gasteiger partial charge in [-0.15, -0.1) is 20.4 Å². The predicted molar refractivity (Wildman–Crippen MR) is 114 cm³/mol. The van der Waals surface area contributed by atoms with Crippen LogP contribution in [-0.4, -0.2) is 46.2 Å². The molecule has 1 fully saturated rings. The van der Waals surface area contributed by atoms with E-state index >= 15 is 0 Å². The van der Waals surface area contributed by atoms with E-state index in [1.165, 1.54) is 22.3 Å². The Morgan fingerprint density at radius 1 is 0.938 bits per heavy atom. The Hall–Kier alpha value is -2.96. The number of sulfonamides is 1. The Labute approximate surface area is 188 Å². The highest BCUT2D eigenvalue weighted by molar-refractivity contribution is 7.98. The van der Waals surface area contributed by atoms with Gasteiger partial charge in [-0.1, -0.05) is 24.2 Å². The lowest BCUT2D eigenvalue weighted by Crippen LogP contribution is -2.35. The molecule has 0 spiro atoms. The van der Waals surface area contributed by atoms with Crippen LogP contribution in [0.4, 0.5) is 0 Å². The summed E-state index contributed by atoms with van der Waals surface area (Å²) < 4.78 is 43.9. The molecule has 4 heterocycles. The molecule has 3 aromatic heterocycles. The van der Waals surface area contributed by atoms with Crippen molar-refractivity contribution in [2.45, 2.75) is 35.1 Å². The van der Waals surface area contributed by atoms with Crippen molar-refractivity contribution < 1.29 is 21.7 Å². The van der Waals surface area contributed by atoms with Crippen LogP contribution in [0.5, 0.6) is 0 Å². The van der Waals surface area contributed by atoms with E-state index in [2.05, 4.69) is 20.4 Å². The second kappa shape index (κ2) is 8.88. The molecule has 1 aromatic carbocycles. The summed E-state index contributed by atoms with van der Waals surface area (Å²) in [5.74, 6) is 1.75. The van der Waals surface area contributed by atoms with Crippen LogP contribution in [0.15, 0.2) is 66.0 Å². The minimum atomic E-state index is -3.55. The Balaban J connectivity index is 1.28. The summed E-state index contributed by atoms with van der Waals surface area (Å²) in [5.41, 5.74) is 0.542. The molecule has 12 heteroatoms. The van der Waals surface area contributed by atoms with Crippen molar-refractivity contribution in [1.29, 1.82) is 0 Å². The fourth-order valence-corrected chi connectivity index (χ4v) is 5.53. The highest BCUT2D eigenvalue weighted by atomic mass is 32.2. The van der Waals surface area contributed by atoms with E-state index in [0.29, 0.717) is 47.2 Å². The molecule has 4 aromatic rings. The van der Waals surface area contributed by atoms with Gasteiger partial charge in [0.25, 0.3) is 11.1 Å². The molecular formula is C20H19N5O5S2. The standard InChI is InChI=1S/C20H19N5O5S2/c26-32(27,25-9-2-1-3-10-25)15-7-4-6-14(12-15)18-22-24-20(30-18)31-13-17-21-23-19(29-17)16-8-5-11-28-16/h4-8,11-12H,1-3,9-10,13H2. The molecule has 166 valence electrons. The third kappa shape index (κ3) is 4.33. The number of benzene rings is 1. The molecular weight excluding hydrogens is 454 g/mol. The Bertz CT molecular complexity index is 1290. The normalized spacial score (nSPS) is 15.2. The lowest BCUT2D eigenvalue weighted by Gasteiger charge is -2.25. The molecule has 0 atom stereocenters. The Morgan fingerprint density at radius 2 is 1.78 bits per heavy atom. The first-order chi connectivity index (χ1) is 15.6. The van der Waals surface area contributed by atoms with Gasteiger partial charge in [-0.3, -0.25) is 0 Å². The van der Waals surface area contributed by atoms with Gasteiger partial charge >= 0.3 is 0 Å². The van der Waals surface area contributed by atoms with Gasteiger partial charge in [0.2, 0.25) is 21.8 Å². The summed E-state index contributed by atoms with van der Waals surface area (Å²) in [6.45, 7) is 1.09. The van der Waals surface area contributed by atoms with E-state index in [0.717, 1.165) is 19.3 Å². The Kier molecular flexibility index (Phi) is 5.81. The summed E-state index contributed by atoms with van der Waals surface area (Å²) in [7, 11) is -3.55. The fourth-order valence-electron chi connectivity index (χ4n) is 3.36. The van der Waals surface area contributed by atoms with Crippen LogP contribution in [0.2, 0.25) is 0 Å². The van der Waals surface area contributed by atoms with Gasteiger partial charge in [0.1, 0.15) is 0 Å². The molecule has 1 saturated heterocycles. The number of hydrogen-bond acceptors (Lipinski definition) is 10. The van der Waals surface area contributed by atoms with Crippen LogP contribution in [0.3, 0.4) is 0 Å². The molecule has 0 unspecified atom stereocenters. The molecule has 1 aliphatic rings. The molecule has 0 N–H and O–H groups in total. The maximum absolute atomic E-state index is 12.9. The zero-order valence-electron chi connectivity index (χ0n) is 16.9. The second-order valence-electron chi connectivity index (χ2n) is 7.13. The lowest BCUT2D eigenvalue weighted by atomic mass is 10.2. The van der Waals surface area contributed by atoms with Crippen molar-refractivity contribution in [2.75, 3.05) is 13.1 Å². The maximum Gasteiger partial charge on any atom is 0.283 e. The molecule has 5 rings (SSSR count).